The lowest BCUT2D eigenvalue weighted by molar-refractivity contribution is -0.148. The number of benzene rings is 2. The predicted octanol–water partition coefficient (Wildman–Crippen LogP) is 2.24. The Morgan fingerprint density at radius 3 is 2.79 bits per heavy atom. The number of amides is 3. The molecule has 0 saturated carbocycles. The van der Waals surface area contributed by atoms with Crippen molar-refractivity contribution in [3.8, 4) is 5.75 Å². The maximum absolute atomic E-state index is 13.2. The summed E-state index contributed by atoms with van der Waals surface area (Å²) in [7, 11) is 1.50. The Morgan fingerprint density at radius 2 is 1.97 bits per heavy atom. The number of hydrogen-bond acceptors (Lipinski definition) is 7. The van der Waals surface area contributed by atoms with Crippen LogP contribution in [0.4, 0.5) is 4.79 Å². The van der Waals surface area contributed by atoms with Crippen LogP contribution in [0.1, 0.15) is 23.1 Å². The zero-order valence-electron chi connectivity index (χ0n) is 17.8. The molecule has 9 heteroatoms. The molecule has 168 valence electrons. The van der Waals surface area contributed by atoms with E-state index in [0.29, 0.717) is 35.1 Å². The second-order valence-electron chi connectivity index (χ2n) is 8.00. The summed E-state index contributed by atoms with van der Waals surface area (Å²) in [6.45, 7) is -0.743. The minimum Gasteiger partial charge on any atom is -0.497 e. The first-order valence-electron chi connectivity index (χ1n) is 10.4. The Hall–Kier alpha value is -4.14. The van der Waals surface area contributed by atoms with Gasteiger partial charge in [-0.25, -0.2) is 9.59 Å². The molecule has 5 rings (SSSR count). The molecule has 33 heavy (non-hydrogen) atoms. The number of ether oxygens (including phenoxy) is 2. The number of aryl methyl sites for hydroxylation is 1. The lowest BCUT2D eigenvalue weighted by atomic mass is 9.92. The van der Waals surface area contributed by atoms with Crippen molar-refractivity contribution in [2.24, 2.45) is 0 Å². The predicted molar refractivity (Wildman–Crippen MR) is 116 cm³/mol. The van der Waals surface area contributed by atoms with Gasteiger partial charge in [0.05, 0.1) is 7.11 Å². The van der Waals surface area contributed by atoms with Crippen molar-refractivity contribution in [1.82, 2.24) is 10.2 Å². The third-order valence-corrected chi connectivity index (χ3v) is 6.14. The molecule has 1 atom stereocenters. The first-order valence-corrected chi connectivity index (χ1v) is 10.4. The van der Waals surface area contributed by atoms with Crippen LogP contribution >= 0.6 is 0 Å². The van der Waals surface area contributed by atoms with Gasteiger partial charge in [0, 0.05) is 23.1 Å². The smallest absolute Gasteiger partial charge is 0.336 e. The second-order valence-corrected chi connectivity index (χ2v) is 8.00. The maximum Gasteiger partial charge on any atom is 0.336 e. The minimum atomic E-state index is -1.14. The van der Waals surface area contributed by atoms with Crippen LogP contribution in [0.25, 0.3) is 11.0 Å². The molecule has 2 heterocycles. The molecule has 9 nitrogen and oxygen atoms in total. The lowest BCUT2D eigenvalue weighted by Gasteiger charge is -2.22. The number of urea groups is 1. The number of nitrogens with one attached hydrogen (secondary N) is 1. The van der Waals surface area contributed by atoms with E-state index in [2.05, 4.69) is 5.32 Å². The summed E-state index contributed by atoms with van der Waals surface area (Å²) in [5.74, 6) is -0.718. The molecular formula is C24H20N2O7. The SMILES string of the molecule is COc1ccc2c(COC(=O)CN3C(=O)N[C@]4(CCc5ccccc54)C3=O)cc(=O)oc2c1. The summed E-state index contributed by atoms with van der Waals surface area (Å²) in [5, 5.41) is 3.35. The number of nitrogens with zero attached hydrogens (tertiary/aromatic N) is 1. The summed E-state index contributed by atoms with van der Waals surface area (Å²) < 4.78 is 15.6. The average Bonchev–Trinajstić information content (AvgIpc) is 3.30. The molecule has 1 N–H and O–H groups in total. The molecule has 3 amide bonds. The van der Waals surface area contributed by atoms with Gasteiger partial charge in [-0.05, 0) is 36.1 Å². The summed E-state index contributed by atoms with van der Waals surface area (Å²) in [6.07, 6.45) is 1.10. The van der Waals surface area contributed by atoms with Gasteiger partial charge >= 0.3 is 17.6 Å². The first-order chi connectivity index (χ1) is 15.9. The molecule has 1 fully saturated rings. The summed E-state index contributed by atoms with van der Waals surface area (Å²) >= 11 is 0. The van der Waals surface area contributed by atoms with E-state index in [0.717, 1.165) is 16.0 Å². The van der Waals surface area contributed by atoms with Crippen LogP contribution < -0.4 is 15.7 Å². The molecular weight excluding hydrogens is 428 g/mol. The van der Waals surface area contributed by atoms with Crippen LogP contribution in [0.2, 0.25) is 0 Å². The summed E-state index contributed by atoms with van der Waals surface area (Å²) in [6, 6.07) is 13.0. The Balaban J connectivity index is 1.31. The van der Waals surface area contributed by atoms with E-state index in [1.807, 2.05) is 24.3 Å². The van der Waals surface area contributed by atoms with Crippen LogP contribution in [-0.2, 0) is 32.9 Å². The van der Waals surface area contributed by atoms with E-state index < -0.39 is 35.6 Å². The van der Waals surface area contributed by atoms with Crippen LogP contribution in [-0.4, -0.2) is 36.5 Å². The molecule has 1 spiro atoms. The Bertz CT molecular complexity index is 1360. The van der Waals surface area contributed by atoms with Gasteiger partial charge in [-0.15, -0.1) is 0 Å². The number of fused-ring (bicyclic) bond motifs is 3. The van der Waals surface area contributed by atoms with Crippen LogP contribution in [0.3, 0.4) is 0 Å². The van der Waals surface area contributed by atoms with Gasteiger partial charge in [0.15, 0.2) is 0 Å². The number of methoxy groups -OCH3 is 1. The fraction of sp³-hybridized carbons (Fsp3) is 0.250. The van der Waals surface area contributed by atoms with E-state index in [1.54, 1.807) is 18.2 Å². The molecule has 1 aliphatic carbocycles. The average molecular weight is 448 g/mol. The van der Waals surface area contributed by atoms with Gasteiger partial charge in [0.25, 0.3) is 5.91 Å². The van der Waals surface area contributed by atoms with Crippen molar-refractivity contribution in [1.29, 1.82) is 0 Å². The lowest BCUT2D eigenvalue weighted by Crippen LogP contribution is -2.42. The Labute approximate surface area is 187 Å². The third kappa shape index (κ3) is 3.42. The van der Waals surface area contributed by atoms with E-state index in [9.17, 15) is 19.2 Å². The normalized spacial score (nSPS) is 19.1. The fourth-order valence-corrected chi connectivity index (χ4v) is 4.52. The van der Waals surface area contributed by atoms with Gasteiger partial charge < -0.3 is 19.2 Å². The highest BCUT2D eigenvalue weighted by molar-refractivity contribution is 6.09. The molecule has 0 bridgehead atoms. The standard InChI is InChI=1S/C24H20N2O7/c1-31-16-6-7-17-15(10-20(27)33-19(17)11-16)13-32-21(28)12-26-22(29)24(25-23(26)30)9-8-14-4-2-3-5-18(14)24/h2-7,10-11H,8-9,12-13H2,1H3,(H,25,30)/t24-/m0/s1. The summed E-state index contributed by atoms with van der Waals surface area (Å²) in [4.78, 5) is 51.0. The molecule has 2 aliphatic rings. The van der Waals surface area contributed by atoms with E-state index in [4.69, 9.17) is 13.9 Å². The van der Waals surface area contributed by atoms with Gasteiger partial charge in [0.2, 0.25) is 0 Å². The third-order valence-electron chi connectivity index (χ3n) is 6.14. The molecule has 1 saturated heterocycles. The van der Waals surface area contributed by atoms with E-state index >= 15 is 0 Å². The Morgan fingerprint density at radius 1 is 1.15 bits per heavy atom. The monoisotopic (exact) mass is 448 g/mol. The zero-order valence-corrected chi connectivity index (χ0v) is 17.8. The molecule has 3 aromatic rings. The number of imide groups is 1. The number of carbonyl (C=O) groups excluding carboxylic acids is 3. The number of esters is 1. The van der Waals surface area contributed by atoms with Crippen LogP contribution in [0.15, 0.2) is 57.7 Å². The highest BCUT2D eigenvalue weighted by Gasteiger charge is 2.55. The van der Waals surface area contributed by atoms with Gasteiger partial charge in [0.1, 0.15) is 30.0 Å². The minimum absolute atomic E-state index is 0.217. The quantitative estimate of drug-likeness (QED) is 0.362. The van der Waals surface area contributed by atoms with Crippen molar-refractivity contribution < 1.29 is 28.3 Å². The molecule has 2 aromatic carbocycles. The Kier molecular flexibility index (Phi) is 4.88. The first kappa shape index (κ1) is 20.7. The topological polar surface area (TPSA) is 115 Å². The van der Waals surface area contributed by atoms with Crippen molar-refractivity contribution in [2.75, 3.05) is 13.7 Å². The second kappa shape index (κ2) is 7.77. The van der Waals surface area contributed by atoms with Crippen molar-refractivity contribution in [3.63, 3.8) is 0 Å². The highest BCUT2D eigenvalue weighted by Crippen LogP contribution is 2.41. The van der Waals surface area contributed by atoms with Gasteiger partial charge in [-0.2, -0.15) is 0 Å². The summed E-state index contributed by atoms with van der Waals surface area (Å²) in [5.41, 5.74) is 0.762. The van der Waals surface area contributed by atoms with Crippen molar-refractivity contribution in [3.05, 3.63) is 75.6 Å². The van der Waals surface area contributed by atoms with Crippen LogP contribution in [0.5, 0.6) is 5.75 Å². The highest BCUT2D eigenvalue weighted by atomic mass is 16.5. The number of carbonyl (C=O) groups is 3. The molecule has 1 aromatic heterocycles. The van der Waals surface area contributed by atoms with Crippen molar-refractivity contribution in [2.45, 2.75) is 25.0 Å². The largest absolute Gasteiger partial charge is 0.497 e. The maximum atomic E-state index is 13.2. The number of hydrogen-bond donors (Lipinski definition) is 1. The molecule has 0 radical (unpaired) electrons. The zero-order chi connectivity index (χ0) is 23.2. The van der Waals surface area contributed by atoms with E-state index in [1.165, 1.54) is 13.2 Å². The fourth-order valence-electron chi connectivity index (χ4n) is 4.52. The van der Waals surface area contributed by atoms with Crippen molar-refractivity contribution >= 4 is 28.9 Å². The number of rotatable bonds is 5. The molecule has 0 unspecified atom stereocenters. The van der Waals surface area contributed by atoms with E-state index in [-0.39, 0.29) is 6.61 Å². The molecule has 1 aliphatic heterocycles. The van der Waals surface area contributed by atoms with Gasteiger partial charge in [-0.3, -0.25) is 14.5 Å². The van der Waals surface area contributed by atoms with Gasteiger partial charge in [-0.1, -0.05) is 24.3 Å². The van der Waals surface area contributed by atoms with Crippen LogP contribution in [0, 0.1) is 0 Å².